The Labute approximate surface area is 145 Å². The highest BCUT2D eigenvalue weighted by molar-refractivity contribution is 5.33. The predicted octanol–water partition coefficient (Wildman–Crippen LogP) is 1.34. The van der Waals surface area contributed by atoms with Crippen LogP contribution in [0.3, 0.4) is 0 Å². The zero-order valence-corrected chi connectivity index (χ0v) is 13.9. The van der Waals surface area contributed by atoms with Crippen molar-refractivity contribution < 1.29 is 0 Å². The van der Waals surface area contributed by atoms with E-state index in [1.807, 2.05) is 30.3 Å². The molecule has 1 saturated heterocycles. The van der Waals surface area contributed by atoms with Gasteiger partial charge in [-0.2, -0.15) is 5.10 Å². The highest BCUT2D eigenvalue weighted by atomic mass is 16.2. The predicted molar refractivity (Wildman–Crippen MR) is 93.8 cm³/mol. The summed E-state index contributed by atoms with van der Waals surface area (Å²) in [5.41, 5.74) is 0.702. The van der Waals surface area contributed by atoms with E-state index < -0.39 is 0 Å². The topological polar surface area (TPSA) is 77.6 Å². The van der Waals surface area contributed by atoms with Crippen molar-refractivity contribution in [2.24, 2.45) is 0 Å². The van der Waals surface area contributed by atoms with Crippen molar-refractivity contribution in [2.45, 2.75) is 25.3 Å². The van der Waals surface area contributed by atoms with Crippen LogP contribution in [0.15, 0.2) is 53.6 Å². The molecule has 0 aliphatic carbocycles. The third-order valence-electron chi connectivity index (χ3n) is 4.49. The first-order valence-electron chi connectivity index (χ1n) is 8.55. The summed E-state index contributed by atoms with van der Waals surface area (Å²) in [6.07, 6.45) is 5.31. The van der Waals surface area contributed by atoms with Crippen molar-refractivity contribution in [3.05, 3.63) is 70.9 Å². The molecular weight excluding hydrogens is 316 g/mol. The Balaban J connectivity index is 1.78. The number of nitrogens with one attached hydrogen (secondary N) is 1. The molecule has 3 heterocycles. The maximum absolute atomic E-state index is 13.0. The third kappa shape index (κ3) is 3.23. The Bertz CT molecular complexity index is 881. The molecule has 1 aliphatic rings. The second kappa shape index (κ2) is 6.98. The lowest BCUT2D eigenvalue weighted by atomic mass is 9.97. The van der Waals surface area contributed by atoms with Crippen LogP contribution in [-0.4, -0.2) is 37.4 Å². The van der Waals surface area contributed by atoms with Crippen LogP contribution in [-0.2, 0) is 6.54 Å². The van der Waals surface area contributed by atoms with Crippen molar-refractivity contribution in [3.8, 4) is 5.69 Å². The van der Waals surface area contributed by atoms with Gasteiger partial charge in [-0.25, -0.2) is 24.0 Å². The number of nitrogens with zero attached hydrogens (tertiary/aromatic N) is 5. The molecule has 0 radical (unpaired) electrons. The normalized spacial score (nSPS) is 15.4. The molecule has 128 valence electrons. The quantitative estimate of drug-likeness (QED) is 0.778. The summed E-state index contributed by atoms with van der Waals surface area (Å²) in [7, 11) is 0. The number of hydrogen-bond acceptors (Lipinski definition) is 5. The minimum absolute atomic E-state index is 0.146. The fourth-order valence-corrected chi connectivity index (χ4v) is 3.24. The molecule has 7 nitrogen and oxygen atoms in total. The van der Waals surface area contributed by atoms with Crippen LogP contribution in [0, 0.1) is 0 Å². The monoisotopic (exact) mass is 336 g/mol. The van der Waals surface area contributed by atoms with Crippen molar-refractivity contribution >= 4 is 0 Å². The number of rotatable bonds is 4. The molecule has 0 unspecified atom stereocenters. The average molecular weight is 336 g/mol. The molecule has 0 bridgehead atoms. The number of para-hydroxylation sites is 1. The third-order valence-corrected chi connectivity index (χ3v) is 4.49. The Hall–Kier alpha value is -2.80. The molecule has 3 aromatic rings. The van der Waals surface area contributed by atoms with Crippen molar-refractivity contribution in [3.63, 3.8) is 0 Å². The highest BCUT2D eigenvalue weighted by Gasteiger charge is 2.25. The maximum atomic E-state index is 13.0. The molecule has 4 rings (SSSR count). The molecule has 1 aromatic carbocycles. The zero-order valence-electron chi connectivity index (χ0n) is 13.9. The zero-order chi connectivity index (χ0) is 17.1. The molecule has 1 N–H and O–H groups in total. The summed E-state index contributed by atoms with van der Waals surface area (Å²) >= 11 is 0. The largest absolute Gasteiger partial charge is 0.351 e. The molecule has 0 spiro atoms. The van der Waals surface area contributed by atoms with Crippen LogP contribution in [0.2, 0.25) is 0 Å². The van der Waals surface area contributed by atoms with Gasteiger partial charge in [-0.3, -0.25) is 0 Å². The van der Waals surface area contributed by atoms with Gasteiger partial charge in [0.1, 0.15) is 18.2 Å². The summed E-state index contributed by atoms with van der Waals surface area (Å²) in [6.45, 7) is 2.17. The van der Waals surface area contributed by atoms with E-state index in [2.05, 4.69) is 20.4 Å². The summed E-state index contributed by atoms with van der Waals surface area (Å²) < 4.78 is 3.21. The van der Waals surface area contributed by atoms with Crippen LogP contribution in [0.25, 0.3) is 5.69 Å². The van der Waals surface area contributed by atoms with Gasteiger partial charge < -0.3 is 5.32 Å². The van der Waals surface area contributed by atoms with Gasteiger partial charge in [-0.15, -0.1) is 0 Å². The minimum atomic E-state index is -0.146. The molecule has 1 fully saturated rings. The SMILES string of the molecule is O=c1n(Cc2ncccn2)nc(C2CCNCC2)n1-c1ccccc1. The summed E-state index contributed by atoms with van der Waals surface area (Å²) in [5, 5.41) is 8.03. The summed E-state index contributed by atoms with van der Waals surface area (Å²) in [5.74, 6) is 1.68. The molecular formula is C18H20N6O. The number of hydrogen-bond donors (Lipinski definition) is 1. The van der Waals surface area contributed by atoms with E-state index in [1.165, 1.54) is 4.68 Å². The standard InChI is InChI=1S/C18H20N6O/c25-18-23(13-16-20-9-4-10-21-16)22-17(14-7-11-19-12-8-14)24(18)15-5-2-1-3-6-15/h1-6,9-10,14,19H,7-8,11-13H2. The van der Waals surface area contributed by atoms with Gasteiger partial charge in [0.15, 0.2) is 0 Å². The average Bonchev–Trinajstić information content (AvgIpc) is 3.00. The van der Waals surface area contributed by atoms with E-state index in [0.29, 0.717) is 5.82 Å². The van der Waals surface area contributed by atoms with Gasteiger partial charge in [-0.1, -0.05) is 18.2 Å². The van der Waals surface area contributed by atoms with E-state index in [0.717, 1.165) is 37.4 Å². The van der Waals surface area contributed by atoms with Gasteiger partial charge in [0.05, 0.1) is 5.69 Å². The lowest BCUT2D eigenvalue weighted by molar-refractivity contribution is 0.437. The lowest BCUT2D eigenvalue weighted by Crippen LogP contribution is -2.29. The van der Waals surface area contributed by atoms with Crippen LogP contribution in [0.4, 0.5) is 0 Å². The van der Waals surface area contributed by atoms with Gasteiger partial charge in [0.25, 0.3) is 0 Å². The first-order valence-corrected chi connectivity index (χ1v) is 8.55. The van der Waals surface area contributed by atoms with E-state index in [-0.39, 0.29) is 18.2 Å². The molecule has 25 heavy (non-hydrogen) atoms. The van der Waals surface area contributed by atoms with Crippen molar-refractivity contribution in [1.82, 2.24) is 29.6 Å². The molecule has 2 aromatic heterocycles. The van der Waals surface area contributed by atoms with E-state index >= 15 is 0 Å². The van der Waals surface area contributed by atoms with E-state index in [4.69, 9.17) is 0 Å². The molecule has 7 heteroatoms. The Morgan fingerprint density at radius 2 is 1.76 bits per heavy atom. The van der Waals surface area contributed by atoms with E-state index in [9.17, 15) is 4.79 Å². The first kappa shape index (κ1) is 15.7. The first-order chi connectivity index (χ1) is 12.3. The molecule has 0 atom stereocenters. The fraction of sp³-hybridized carbons (Fsp3) is 0.333. The van der Waals surface area contributed by atoms with Crippen molar-refractivity contribution in [2.75, 3.05) is 13.1 Å². The molecule has 1 aliphatic heterocycles. The lowest BCUT2D eigenvalue weighted by Gasteiger charge is -2.22. The van der Waals surface area contributed by atoms with Crippen LogP contribution in [0.1, 0.15) is 30.4 Å². The van der Waals surface area contributed by atoms with Gasteiger partial charge in [0.2, 0.25) is 0 Å². The van der Waals surface area contributed by atoms with Crippen LogP contribution < -0.4 is 11.0 Å². The smallest absolute Gasteiger partial charge is 0.317 e. The minimum Gasteiger partial charge on any atom is -0.317 e. The highest BCUT2D eigenvalue weighted by Crippen LogP contribution is 2.24. The van der Waals surface area contributed by atoms with Crippen molar-refractivity contribution in [1.29, 1.82) is 0 Å². The summed E-state index contributed by atoms with van der Waals surface area (Å²) in [6, 6.07) is 11.5. The van der Waals surface area contributed by atoms with Gasteiger partial charge >= 0.3 is 5.69 Å². The van der Waals surface area contributed by atoms with Gasteiger partial charge in [-0.05, 0) is 44.1 Å². The number of piperidine rings is 1. The van der Waals surface area contributed by atoms with E-state index in [1.54, 1.807) is 23.0 Å². The maximum Gasteiger partial charge on any atom is 0.351 e. The second-order valence-corrected chi connectivity index (χ2v) is 6.16. The Morgan fingerprint density at radius 3 is 2.48 bits per heavy atom. The number of aromatic nitrogens is 5. The Morgan fingerprint density at radius 1 is 1.04 bits per heavy atom. The molecule has 0 amide bonds. The van der Waals surface area contributed by atoms with Gasteiger partial charge in [0, 0.05) is 18.3 Å². The second-order valence-electron chi connectivity index (χ2n) is 6.16. The number of benzene rings is 1. The fourth-order valence-electron chi connectivity index (χ4n) is 3.24. The van der Waals surface area contributed by atoms with Crippen LogP contribution >= 0.6 is 0 Å². The summed E-state index contributed by atoms with van der Waals surface area (Å²) in [4.78, 5) is 21.4. The molecule has 0 saturated carbocycles. The Kier molecular flexibility index (Phi) is 4.39. The van der Waals surface area contributed by atoms with Crippen LogP contribution in [0.5, 0.6) is 0 Å².